The third kappa shape index (κ3) is 2.73. The summed E-state index contributed by atoms with van der Waals surface area (Å²) in [4.78, 5) is 14.3. The number of nitrogens with one attached hydrogen (secondary N) is 1. The first-order valence-electron chi connectivity index (χ1n) is 7.05. The van der Waals surface area contributed by atoms with Crippen molar-refractivity contribution < 1.29 is 9.84 Å². The normalized spacial score (nSPS) is 11.1. The highest BCUT2D eigenvalue weighted by Gasteiger charge is 2.17. The number of H-pyrrole nitrogens is 1. The molecule has 0 saturated carbocycles. The van der Waals surface area contributed by atoms with E-state index in [0.717, 1.165) is 0 Å². The quantitative estimate of drug-likeness (QED) is 0.570. The van der Waals surface area contributed by atoms with Crippen molar-refractivity contribution in [2.45, 2.75) is 0 Å². The van der Waals surface area contributed by atoms with Gasteiger partial charge in [-0.25, -0.2) is 0 Å². The average Bonchev–Trinajstić information content (AvgIpc) is 3.15. The molecule has 0 aliphatic rings. The zero-order valence-corrected chi connectivity index (χ0v) is 14.3. The van der Waals surface area contributed by atoms with Crippen LogP contribution in [0.25, 0.3) is 26.9 Å². The van der Waals surface area contributed by atoms with Crippen molar-refractivity contribution in [2.24, 2.45) is 0 Å². The van der Waals surface area contributed by atoms with Gasteiger partial charge in [0.1, 0.15) is 10.8 Å². The summed E-state index contributed by atoms with van der Waals surface area (Å²) >= 11 is 7.51. The molecule has 0 fully saturated rings. The fourth-order valence-corrected chi connectivity index (χ4v) is 3.38. The van der Waals surface area contributed by atoms with Crippen LogP contribution < -0.4 is 10.3 Å². The van der Waals surface area contributed by atoms with Crippen LogP contribution in [0.4, 0.5) is 0 Å². The molecule has 0 aliphatic heterocycles. The Kier molecular flexibility index (Phi) is 3.66. The predicted molar refractivity (Wildman–Crippen MR) is 93.4 cm³/mol. The van der Waals surface area contributed by atoms with Gasteiger partial charge in [0.25, 0.3) is 5.56 Å². The number of hydrogen-bond acceptors (Lipinski definition) is 7. The summed E-state index contributed by atoms with van der Waals surface area (Å²) in [6, 6.07) is 7.97. The van der Waals surface area contributed by atoms with Crippen molar-refractivity contribution >= 4 is 27.9 Å². The fraction of sp³-hybridized carbons (Fsp3) is 0.0667. The molecule has 0 bridgehead atoms. The van der Waals surface area contributed by atoms with E-state index in [2.05, 4.69) is 20.3 Å². The van der Waals surface area contributed by atoms with Crippen LogP contribution in [0.3, 0.4) is 0 Å². The SMILES string of the molecule is COc1ccc(Cl)c(-c2nnc3sc(-c4cc(O)[nH]c(=O)c4)nn23)c1. The molecular weight excluding hydrogens is 366 g/mol. The maximum atomic E-state index is 11.5. The molecular formula is C15H10ClN5O3S. The van der Waals surface area contributed by atoms with Crippen LogP contribution in [-0.4, -0.2) is 37.0 Å². The smallest absolute Gasteiger partial charge is 0.251 e. The highest BCUT2D eigenvalue weighted by Crippen LogP contribution is 2.33. The van der Waals surface area contributed by atoms with Crippen LogP contribution in [0, 0.1) is 0 Å². The van der Waals surface area contributed by atoms with Gasteiger partial charge in [-0.1, -0.05) is 22.9 Å². The number of ether oxygens (including phenoxy) is 1. The van der Waals surface area contributed by atoms with Gasteiger partial charge >= 0.3 is 0 Å². The number of aromatic nitrogens is 5. The van der Waals surface area contributed by atoms with Gasteiger partial charge in [-0.15, -0.1) is 10.2 Å². The number of rotatable bonds is 3. The first-order valence-corrected chi connectivity index (χ1v) is 8.24. The van der Waals surface area contributed by atoms with E-state index < -0.39 is 5.56 Å². The lowest BCUT2D eigenvalue weighted by Gasteiger charge is -2.04. The Morgan fingerprint density at radius 2 is 2.12 bits per heavy atom. The van der Waals surface area contributed by atoms with E-state index in [9.17, 15) is 9.90 Å². The Balaban J connectivity index is 1.88. The van der Waals surface area contributed by atoms with Gasteiger partial charge in [-0.2, -0.15) is 9.61 Å². The molecule has 25 heavy (non-hydrogen) atoms. The van der Waals surface area contributed by atoms with Gasteiger partial charge in [0.15, 0.2) is 11.7 Å². The lowest BCUT2D eigenvalue weighted by atomic mass is 10.2. The number of pyridine rings is 1. The lowest BCUT2D eigenvalue weighted by molar-refractivity contribution is 0.415. The van der Waals surface area contributed by atoms with Crippen molar-refractivity contribution in [2.75, 3.05) is 7.11 Å². The summed E-state index contributed by atoms with van der Waals surface area (Å²) in [6.45, 7) is 0. The number of halogens is 1. The van der Waals surface area contributed by atoms with Crippen molar-refractivity contribution in [1.82, 2.24) is 24.8 Å². The fourth-order valence-electron chi connectivity index (χ4n) is 2.36. The second-order valence-corrected chi connectivity index (χ2v) is 6.45. The van der Waals surface area contributed by atoms with Crippen LogP contribution in [0.2, 0.25) is 5.02 Å². The van der Waals surface area contributed by atoms with E-state index in [0.29, 0.717) is 37.7 Å². The Bertz CT molecular complexity index is 1150. The van der Waals surface area contributed by atoms with Crippen LogP contribution in [0.15, 0.2) is 35.1 Å². The molecule has 8 nitrogen and oxygen atoms in total. The first-order chi connectivity index (χ1) is 12.0. The molecule has 0 aliphatic carbocycles. The number of benzene rings is 1. The number of methoxy groups -OCH3 is 1. The third-order valence-corrected chi connectivity index (χ3v) is 4.76. The molecule has 1 aromatic carbocycles. The van der Waals surface area contributed by atoms with E-state index in [1.165, 1.54) is 23.5 Å². The number of aromatic amines is 1. The largest absolute Gasteiger partial charge is 0.497 e. The molecule has 0 spiro atoms. The maximum absolute atomic E-state index is 11.5. The summed E-state index contributed by atoms with van der Waals surface area (Å²) < 4.78 is 6.76. The van der Waals surface area contributed by atoms with E-state index in [4.69, 9.17) is 16.3 Å². The van der Waals surface area contributed by atoms with Crippen LogP contribution in [-0.2, 0) is 0 Å². The van der Waals surface area contributed by atoms with Crippen LogP contribution in [0.1, 0.15) is 0 Å². The van der Waals surface area contributed by atoms with Gasteiger partial charge in [0.2, 0.25) is 4.96 Å². The molecule has 2 N–H and O–H groups in total. The average molecular weight is 376 g/mol. The van der Waals surface area contributed by atoms with E-state index in [-0.39, 0.29) is 5.88 Å². The van der Waals surface area contributed by atoms with Gasteiger partial charge < -0.3 is 9.84 Å². The highest BCUT2D eigenvalue weighted by atomic mass is 35.5. The summed E-state index contributed by atoms with van der Waals surface area (Å²) in [7, 11) is 1.56. The van der Waals surface area contributed by atoms with Gasteiger partial charge in [-0.3, -0.25) is 9.78 Å². The van der Waals surface area contributed by atoms with Gasteiger partial charge in [0, 0.05) is 23.3 Å². The minimum atomic E-state index is -0.419. The molecule has 126 valence electrons. The topological polar surface area (TPSA) is 105 Å². The van der Waals surface area contributed by atoms with Gasteiger partial charge in [-0.05, 0) is 18.2 Å². The van der Waals surface area contributed by atoms with Crippen molar-refractivity contribution in [3.63, 3.8) is 0 Å². The summed E-state index contributed by atoms with van der Waals surface area (Å²) in [5.74, 6) is 0.853. The zero-order chi connectivity index (χ0) is 17.6. The summed E-state index contributed by atoms with van der Waals surface area (Å²) in [5, 5.41) is 23.3. The second-order valence-electron chi connectivity index (χ2n) is 5.09. The molecule has 0 amide bonds. The number of aromatic hydroxyl groups is 1. The summed E-state index contributed by atoms with van der Waals surface area (Å²) in [6.07, 6.45) is 0. The number of nitrogens with zero attached hydrogens (tertiary/aromatic N) is 4. The maximum Gasteiger partial charge on any atom is 0.251 e. The molecule has 10 heteroatoms. The molecule has 4 rings (SSSR count). The monoisotopic (exact) mass is 375 g/mol. The Morgan fingerprint density at radius 3 is 2.88 bits per heavy atom. The molecule has 4 aromatic rings. The summed E-state index contributed by atoms with van der Waals surface area (Å²) in [5.41, 5.74) is 0.690. The molecule has 0 unspecified atom stereocenters. The molecule has 0 atom stereocenters. The van der Waals surface area contributed by atoms with Crippen LogP contribution in [0.5, 0.6) is 11.6 Å². The molecule has 0 radical (unpaired) electrons. The van der Waals surface area contributed by atoms with Crippen molar-refractivity contribution in [1.29, 1.82) is 0 Å². The second kappa shape index (κ2) is 5.87. The molecule has 3 aromatic heterocycles. The Labute approximate surface area is 149 Å². The molecule has 0 saturated heterocycles. The number of hydrogen-bond donors (Lipinski definition) is 2. The van der Waals surface area contributed by atoms with Crippen molar-refractivity contribution in [3.05, 3.63) is 45.7 Å². The van der Waals surface area contributed by atoms with Gasteiger partial charge in [0.05, 0.1) is 12.1 Å². The standard InChI is InChI=1S/C15H10ClN5O3S/c1-24-8-2-3-10(16)9(6-8)13-18-19-15-21(13)20-14(25-15)7-4-11(22)17-12(23)5-7/h2-6H,1H3,(H2,17,22,23). The van der Waals surface area contributed by atoms with E-state index >= 15 is 0 Å². The molecule has 3 heterocycles. The van der Waals surface area contributed by atoms with E-state index in [1.54, 1.807) is 29.8 Å². The Hall–Kier alpha value is -2.91. The van der Waals surface area contributed by atoms with E-state index in [1.807, 2.05) is 0 Å². The van der Waals surface area contributed by atoms with Crippen LogP contribution >= 0.6 is 22.9 Å². The number of fused-ring (bicyclic) bond motifs is 1. The lowest BCUT2D eigenvalue weighted by Crippen LogP contribution is -2.03. The minimum absolute atomic E-state index is 0.232. The minimum Gasteiger partial charge on any atom is -0.497 e. The first kappa shape index (κ1) is 15.6. The zero-order valence-electron chi connectivity index (χ0n) is 12.7. The Morgan fingerprint density at radius 1 is 1.28 bits per heavy atom. The predicted octanol–water partition coefficient (Wildman–Crippen LogP) is 2.58. The highest BCUT2D eigenvalue weighted by molar-refractivity contribution is 7.19. The van der Waals surface area contributed by atoms with Crippen molar-refractivity contribution in [3.8, 4) is 33.6 Å². The third-order valence-electron chi connectivity index (χ3n) is 3.48.